The van der Waals surface area contributed by atoms with Crippen LogP contribution in [-0.2, 0) is 13.6 Å². The van der Waals surface area contributed by atoms with E-state index in [2.05, 4.69) is 105 Å². The van der Waals surface area contributed by atoms with Crippen LogP contribution in [0.4, 0.5) is 0 Å². The Labute approximate surface area is 244 Å². The molecule has 2 rings (SSSR count). The van der Waals surface area contributed by atoms with E-state index < -0.39 is 16.6 Å². The summed E-state index contributed by atoms with van der Waals surface area (Å²) >= 11 is 0. The van der Waals surface area contributed by atoms with Gasteiger partial charge in [-0.15, -0.1) is 11.8 Å². The summed E-state index contributed by atoms with van der Waals surface area (Å²) in [6.45, 7) is 27.7. The number of hydrogen-bond acceptors (Lipinski definition) is 3. The minimum atomic E-state index is -1.94. The molecule has 2 aliphatic carbocycles. The number of unbranched alkanes of at least 4 members (excludes halogenated alkanes) is 2. The SMILES string of the molecule is CC#CC[C@H](C)[C@@H](/C=C/[C@@H]1[C@H]2C/C(=C/CCCC=O)C[C@H]2C[C@H]1O[Si](C)(C)C(C)(C)C)O[Si](C)(C)C(C)(C)C. The molecular formula is C34H60O3Si2. The molecule has 2 saturated carbocycles. The number of hydrogen-bond donors (Lipinski definition) is 0. The molecule has 0 bridgehead atoms. The average molecular weight is 573 g/mol. The Bertz CT molecular complexity index is 923. The fourth-order valence-electron chi connectivity index (χ4n) is 5.58. The second-order valence-corrected chi connectivity index (χ2v) is 24.9. The van der Waals surface area contributed by atoms with Crippen LogP contribution in [0.3, 0.4) is 0 Å². The highest BCUT2D eigenvalue weighted by molar-refractivity contribution is 6.74. The minimum absolute atomic E-state index is 0.0686. The lowest BCUT2D eigenvalue weighted by Gasteiger charge is -2.41. The van der Waals surface area contributed by atoms with Gasteiger partial charge in [0.1, 0.15) is 6.29 Å². The first-order valence-electron chi connectivity index (χ1n) is 15.5. The summed E-state index contributed by atoms with van der Waals surface area (Å²) in [6, 6.07) is 0. The number of fused-ring (bicyclic) bond motifs is 1. The van der Waals surface area contributed by atoms with E-state index in [1.54, 1.807) is 5.57 Å². The molecule has 0 aromatic rings. The molecule has 6 atom stereocenters. The fraction of sp³-hybridized carbons (Fsp3) is 0.794. The first kappa shape index (κ1) is 34.3. The minimum Gasteiger partial charge on any atom is -0.413 e. The summed E-state index contributed by atoms with van der Waals surface area (Å²) in [5.74, 6) is 8.49. The van der Waals surface area contributed by atoms with Crippen molar-refractivity contribution in [3.63, 3.8) is 0 Å². The molecule has 3 nitrogen and oxygen atoms in total. The van der Waals surface area contributed by atoms with Gasteiger partial charge in [0.25, 0.3) is 0 Å². The van der Waals surface area contributed by atoms with Gasteiger partial charge in [-0.3, -0.25) is 0 Å². The summed E-state index contributed by atoms with van der Waals surface area (Å²) in [5.41, 5.74) is 1.60. The molecule has 0 saturated heterocycles. The van der Waals surface area contributed by atoms with Crippen molar-refractivity contribution in [3.05, 3.63) is 23.8 Å². The smallest absolute Gasteiger partial charge is 0.192 e. The molecule has 0 aromatic carbocycles. The van der Waals surface area contributed by atoms with Crippen LogP contribution in [0.2, 0.25) is 36.3 Å². The Kier molecular flexibility index (Phi) is 12.1. The molecule has 5 heteroatoms. The third kappa shape index (κ3) is 9.28. The lowest BCUT2D eigenvalue weighted by atomic mass is 9.89. The molecule has 0 aliphatic heterocycles. The molecule has 0 radical (unpaired) electrons. The lowest BCUT2D eigenvalue weighted by Crippen LogP contribution is -2.45. The highest BCUT2D eigenvalue weighted by atomic mass is 28.4. The molecule has 0 N–H and O–H groups in total. The maximum Gasteiger partial charge on any atom is 0.192 e. The number of rotatable bonds is 12. The molecule has 0 amide bonds. The van der Waals surface area contributed by atoms with Crippen molar-refractivity contribution in [2.45, 2.75) is 149 Å². The molecule has 0 heterocycles. The van der Waals surface area contributed by atoms with Crippen LogP contribution in [0.25, 0.3) is 0 Å². The van der Waals surface area contributed by atoms with E-state index in [0.717, 1.165) is 32.0 Å². The van der Waals surface area contributed by atoms with Crippen LogP contribution in [0.1, 0.15) is 100 Å². The Morgan fingerprint density at radius 1 is 1.00 bits per heavy atom. The largest absolute Gasteiger partial charge is 0.413 e. The zero-order valence-electron chi connectivity index (χ0n) is 27.4. The van der Waals surface area contributed by atoms with Gasteiger partial charge < -0.3 is 13.6 Å². The maximum atomic E-state index is 10.7. The van der Waals surface area contributed by atoms with E-state index in [0.29, 0.717) is 30.1 Å². The predicted molar refractivity (Wildman–Crippen MR) is 173 cm³/mol. The van der Waals surface area contributed by atoms with Gasteiger partial charge in [0.15, 0.2) is 16.6 Å². The summed E-state index contributed by atoms with van der Waals surface area (Å²) in [7, 11) is -3.83. The molecule has 0 unspecified atom stereocenters. The standard InChI is InChI=1S/C34H60O3Si2/c1-13-14-18-26(2)31(36-38(9,10)33(3,4)5)21-20-29-30-24-27(19-16-15-17-22-35)23-28(30)25-32(29)37-39(11,12)34(6,7)8/h19-22,26,28-32H,15-18,23-25H2,1-12H3/b21-20+,27-19+/t26-,28-,29+,30-,31+,32+/m0/s1. The van der Waals surface area contributed by atoms with Crippen LogP contribution >= 0.6 is 0 Å². The average Bonchev–Trinajstić information content (AvgIpc) is 3.33. The number of allylic oxidation sites excluding steroid dienone is 2. The summed E-state index contributed by atoms with van der Waals surface area (Å²) in [6.07, 6.45) is 15.8. The topological polar surface area (TPSA) is 35.5 Å². The highest BCUT2D eigenvalue weighted by Crippen LogP contribution is 2.53. The summed E-state index contributed by atoms with van der Waals surface area (Å²) < 4.78 is 14.2. The van der Waals surface area contributed by atoms with Crippen molar-refractivity contribution in [3.8, 4) is 11.8 Å². The van der Waals surface area contributed by atoms with E-state index in [9.17, 15) is 4.79 Å². The van der Waals surface area contributed by atoms with E-state index >= 15 is 0 Å². The van der Waals surface area contributed by atoms with Gasteiger partial charge >= 0.3 is 0 Å². The third-order valence-corrected chi connectivity index (χ3v) is 19.2. The number of carbonyl (C=O) groups excluding carboxylic acids is 1. The van der Waals surface area contributed by atoms with E-state index in [-0.39, 0.29) is 22.3 Å². The number of aldehydes is 1. The molecule has 2 fully saturated rings. The first-order chi connectivity index (χ1) is 17.9. The lowest BCUT2D eigenvalue weighted by molar-refractivity contribution is -0.107. The van der Waals surface area contributed by atoms with Gasteiger partial charge in [0.05, 0.1) is 12.2 Å². The van der Waals surface area contributed by atoms with Gasteiger partial charge in [0.2, 0.25) is 0 Å². The van der Waals surface area contributed by atoms with Gasteiger partial charge in [-0.2, -0.15) is 0 Å². The highest BCUT2D eigenvalue weighted by Gasteiger charge is 2.50. The van der Waals surface area contributed by atoms with Crippen LogP contribution in [0.15, 0.2) is 23.8 Å². The van der Waals surface area contributed by atoms with Crippen LogP contribution in [-0.4, -0.2) is 35.1 Å². The van der Waals surface area contributed by atoms with Crippen LogP contribution < -0.4 is 0 Å². The third-order valence-electron chi connectivity index (χ3n) is 10.2. The second-order valence-electron chi connectivity index (χ2n) is 15.4. The molecule has 222 valence electrons. The second kappa shape index (κ2) is 13.8. The Morgan fingerprint density at radius 3 is 2.21 bits per heavy atom. The molecule has 0 aromatic heterocycles. The zero-order valence-corrected chi connectivity index (χ0v) is 29.4. The van der Waals surface area contributed by atoms with Gasteiger partial charge in [-0.25, -0.2) is 0 Å². The maximum absolute atomic E-state index is 10.7. The molecule has 2 aliphatic rings. The van der Waals surface area contributed by atoms with Crippen molar-refractivity contribution in [2.75, 3.05) is 0 Å². The summed E-state index contributed by atoms with van der Waals surface area (Å²) in [4.78, 5) is 10.7. The first-order valence-corrected chi connectivity index (χ1v) is 21.3. The van der Waals surface area contributed by atoms with E-state index in [1.165, 1.54) is 12.8 Å². The van der Waals surface area contributed by atoms with Crippen molar-refractivity contribution in [1.29, 1.82) is 0 Å². The predicted octanol–water partition coefficient (Wildman–Crippen LogP) is 9.71. The van der Waals surface area contributed by atoms with E-state index in [1.807, 2.05) is 6.92 Å². The van der Waals surface area contributed by atoms with Crippen molar-refractivity contribution >= 4 is 22.9 Å². The van der Waals surface area contributed by atoms with Crippen molar-refractivity contribution < 1.29 is 13.6 Å². The van der Waals surface area contributed by atoms with Crippen LogP contribution in [0, 0.1) is 35.5 Å². The summed E-state index contributed by atoms with van der Waals surface area (Å²) in [5, 5.41) is 0.362. The molecule has 0 spiro atoms. The van der Waals surface area contributed by atoms with Gasteiger partial charge in [0, 0.05) is 18.8 Å². The van der Waals surface area contributed by atoms with Gasteiger partial charge in [-0.05, 0) is 93.0 Å². The fourth-order valence-corrected chi connectivity index (χ4v) is 8.29. The number of carbonyl (C=O) groups is 1. The Hall–Kier alpha value is -0.936. The quantitative estimate of drug-likeness (QED) is 0.0767. The monoisotopic (exact) mass is 572 g/mol. The molecular weight excluding hydrogens is 513 g/mol. The van der Waals surface area contributed by atoms with Crippen LogP contribution in [0.5, 0.6) is 0 Å². The zero-order chi connectivity index (χ0) is 29.6. The normalized spacial score (nSPS) is 26.9. The Balaban J connectivity index is 2.37. The molecule has 39 heavy (non-hydrogen) atoms. The Morgan fingerprint density at radius 2 is 1.64 bits per heavy atom. The van der Waals surface area contributed by atoms with Gasteiger partial charge in [-0.1, -0.05) is 72.3 Å². The van der Waals surface area contributed by atoms with Crippen molar-refractivity contribution in [2.24, 2.45) is 23.7 Å². The van der Waals surface area contributed by atoms with E-state index in [4.69, 9.17) is 8.85 Å². The van der Waals surface area contributed by atoms with Crippen molar-refractivity contribution in [1.82, 2.24) is 0 Å².